The lowest BCUT2D eigenvalue weighted by Gasteiger charge is -2.27. The lowest BCUT2D eigenvalue weighted by atomic mass is 9.76. The topological polar surface area (TPSA) is 37.4 Å². The number of hydrogen-bond acceptors (Lipinski definition) is 2. The van der Waals surface area contributed by atoms with Crippen LogP contribution in [0.5, 0.6) is 0 Å². The van der Waals surface area contributed by atoms with E-state index in [0.717, 1.165) is 25.7 Å². The first-order valence-electron chi connectivity index (χ1n) is 21.2. The van der Waals surface area contributed by atoms with Gasteiger partial charge in [0.15, 0.2) is 0 Å². The Kier molecular flexibility index (Phi) is 29.7. The first-order chi connectivity index (χ1) is 23.3. The molecule has 0 radical (unpaired) electrons. The molecule has 7 heteroatoms. The van der Waals surface area contributed by atoms with Gasteiger partial charge in [-0.1, -0.05) is 206 Å². The third-order valence-electron chi connectivity index (χ3n) is 10.8. The van der Waals surface area contributed by atoms with Gasteiger partial charge in [-0.3, -0.25) is 14.5 Å². The standard InChI is InChI=1S/C41H78Cl3NO2Si/c1-3-5-7-9-11-13-15-17-19-21-23-25-27-29-31-34-41(38-39(46)45(40(41)47)36-33-37-48(42,43)44)35-32-30-28-26-24-22-20-18-16-14-12-10-8-6-4-2/h3-38H2,1-2H3. The van der Waals surface area contributed by atoms with E-state index in [0.29, 0.717) is 25.4 Å². The predicted octanol–water partition coefficient (Wildman–Crippen LogP) is 15.3. The van der Waals surface area contributed by atoms with E-state index in [9.17, 15) is 9.59 Å². The second-order valence-corrected chi connectivity index (χ2v) is 24.7. The molecular weight excluding hydrogens is 673 g/mol. The molecule has 0 saturated carbocycles. The zero-order valence-electron chi connectivity index (χ0n) is 31.9. The fourth-order valence-corrected chi connectivity index (χ4v) is 9.47. The number of carbonyl (C=O) groups excluding carboxylic acids is 2. The molecule has 0 unspecified atom stereocenters. The Morgan fingerprint density at radius 1 is 0.479 bits per heavy atom. The molecule has 0 bridgehead atoms. The second kappa shape index (κ2) is 30.8. The van der Waals surface area contributed by atoms with E-state index in [1.807, 2.05) is 0 Å². The molecule has 1 aliphatic heterocycles. The first-order valence-corrected chi connectivity index (χ1v) is 26.4. The number of unbranched alkanes of at least 4 members (excludes halogenated alkanes) is 28. The van der Waals surface area contributed by atoms with E-state index in [1.54, 1.807) is 0 Å². The summed E-state index contributed by atoms with van der Waals surface area (Å²) in [6.07, 6.45) is 42.7. The maximum atomic E-state index is 13.8. The highest BCUT2D eigenvalue weighted by Gasteiger charge is 2.50. The van der Waals surface area contributed by atoms with Crippen molar-refractivity contribution in [3.05, 3.63) is 0 Å². The highest BCUT2D eigenvalue weighted by atomic mass is 35.8. The number of rotatable bonds is 36. The van der Waals surface area contributed by atoms with Crippen LogP contribution >= 0.6 is 33.2 Å². The number of nitrogens with zero attached hydrogens (tertiary/aromatic N) is 1. The molecule has 0 aliphatic carbocycles. The van der Waals surface area contributed by atoms with Crippen molar-refractivity contribution in [3.63, 3.8) is 0 Å². The van der Waals surface area contributed by atoms with Crippen LogP contribution in [0, 0.1) is 5.41 Å². The van der Waals surface area contributed by atoms with Gasteiger partial charge in [0.2, 0.25) is 11.8 Å². The van der Waals surface area contributed by atoms with Crippen LogP contribution in [0.15, 0.2) is 0 Å². The summed E-state index contributed by atoms with van der Waals surface area (Å²) in [5.41, 5.74) is -0.498. The van der Waals surface area contributed by atoms with Gasteiger partial charge in [0.1, 0.15) is 0 Å². The van der Waals surface area contributed by atoms with Crippen LogP contribution in [0.4, 0.5) is 0 Å². The van der Waals surface area contributed by atoms with Crippen LogP contribution in [0.2, 0.25) is 6.04 Å². The predicted molar refractivity (Wildman–Crippen MR) is 216 cm³/mol. The average Bonchev–Trinajstić information content (AvgIpc) is 3.28. The highest BCUT2D eigenvalue weighted by molar-refractivity contribution is 7.64. The van der Waals surface area contributed by atoms with Crippen molar-refractivity contribution >= 4 is 51.1 Å². The Labute approximate surface area is 314 Å². The van der Waals surface area contributed by atoms with Gasteiger partial charge in [-0.05, 0) is 25.3 Å². The largest absolute Gasteiger partial charge is 0.341 e. The number of carbonyl (C=O) groups is 2. The van der Waals surface area contributed by atoms with Gasteiger partial charge in [-0.15, -0.1) is 33.2 Å². The van der Waals surface area contributed by atoms with Gasteiger partial charge in [0.05, 0.1) is 5.41 Å². The number of hydrogen-bond donors (Lipinski definition) is 0. The number of halogens is 3. The molecule has 1 rings (SSSR count). The summed E-state index contributed by atoms with van der Waals surface area (Å²) in [6, 6.07) is -2.27. The van der Waals surface area contributed by atoms with E-state index < -0.39 is 11.4 Å². The molecule has 3 nitrogen and oxygen atoms in total. The Morgan fingerprint density at radius 3 is 1.06 bits per heavy atom. The molecule has 0 spiro atoms. The van der Waals surface area contributed by atoms with E-state index in [-0.39, 0.29) is 11.8 Å². The van der Waals surface area contributed by atoms with E-state index >= 15 is 0 Å². The van der Waals surface area contributed by atoms with Gasteiger partial charge in [-0.2, -0.15) is 0 Å². The number of imide groups is 1. The van der Waals surface area contributed by atoms with E-state index in [1.165, 1.54) is 185 Å². The fraction of sp³-hybridized carbons (Fsp3) is 0.951. The molecule has 1 saturated heterocycles. The van der Waals surface area contributed by atoms with Crippen molar-refractivity contribution < 1.29 is 9.59 Å². The molecule has 284 valence electrons. The molecule has 0 aromatic carbocycles. The summed E-state index contributed by atoms with van der Waals surface area (Å²) in [4.78, 5) is 28.4. The maximum absolute atomic E-state index is 13.8. The van der Waals surface area contributed by atoms with Crippen LogP contribution in [-0.4, -0.2) is 29.3 Å². The third-order valence-corrected chi connectivity index (χ3v) is 13.5. The molecule has 1 heterocycles. The minimum atomic E-state index is -2.75. The zero-order chi connectivity index (χ0) is 35.2. The van der Waals surface area contributed by atoms with Gasteiger partial charge < -0.3 is 0 Å². The fourth-order valence-electron chi connectivity index (χ4n) is 7.71. The lowest BCUT2D eigenvalue weighted by molar-refractivity contribution is -0.141. The summed E-state index contributed by atoms with van der Waals surface area (Å²) in [5.74, 6) is 0.0575. The Balaban J connectivity index is 2.31. The van der Waals surface area contributed by atoms with Crippen LogP contribution in [0.1, 0.15) is 232 Å². The van der Waals surface area contributed by atoms with Gasteiger partial charge in [-0.25, -0.2) is 0 Å². The Morgan fingerprint density at radius 2 is 0.771 bits per heavy atom. The van der Waals surface area contributed by atoms with Gasteiger partial charge >= 0.3 is 6.00 Å². The maximum Gasteiger partial charge on any atom is 0.341 e. The normalized spacial score (nSPS) is 14.9. The highest BCUT2D eigenvalue weighted by Crippen LogP contribution is 2.43. The smallest absolute Gasteiger partial charge is 0.282 e. The summed E-state index contributed by atoms with van der Waals surface area (Å²) in [6.45, 7) is 4.97. The van der Waals surface area contributed by atoms with Crippen molar-refractivity contribution in [1.29, 1.82) is 0 Å². The van der Waals surface area contributed by atoms with Crippen molar-refractivity contribution in [2.75, 3.05) is 6.54 Å². The van der Waals surface area contributed by atoms with Crippen molar-refractivity contribution in [1.82, 2.24) is 4.90 Å². The minimum Gasteiger partial charge on any atom is -0.282 e. The molecule has 0 aromatic rings. The SMILES string of the molecule is CCCCCCCCCCCCCCCCCC1(CCCCCCCCCCCCCCCCC)CC(=O)N(CCC[Si](Cl)(Cl)Cl)C1=O. The van der Waals surface area contributed by atoms with Crippen LogP contribution in [-0.2, 0) is 9.59 Å². The monoisotopic (exact) mass is 749 g/mol. The molecule has 1 aliphatic rings. The molecule has 48 heavy (non-hydrogen) atoms. The third kappa shape index (κ3) is 24.4. The van der Waals surface area contributed by atoms with Crippen molar-refractivity contribution in [3.8, 4) is 0 Å². The number of amides is 2. The van der Waals surface area contributed by atoms with Crippen LogP contribution in [0.3, 0.4) is 0 Å². The Hall–Kier alpha value is 0.227. The van der Waals surface area contributed by atoms with Crippen molar-refractivity contribution in [2.24, 2.45) is 5.41 Å². The van der Waals surface area contributed by atoms with Gasteiger partial charge in [0, 0.05) is 13.0 Å². The molecule has 1 fully saturated rings. The zero-order valence-corrected chi connectivity index (χ0v) is 35.1. The van der Waals surface area contributed by atoms with Gasteiger partial charge in [0.25, 0.3) is 0 Å². The van der Waals surface area contributed by atoms with Crippen LogP contribution in [0.25, 0.3) is 0 Å². The van der Waals surface area contributed by atoms with E-state index in [4.69, 9.17) is 33.2 Å². The summed E-state index contributed by atoms with van der Waals surface area (Å²) in [7, 11) is 0. The molecule has 0 aromatic heterocycles. The lowest BCUT2D eigenvalue weighted by Crippen LogP contribution is -2.36. The molecular formula is C41H78Cl3NO2Si. The summed E-state index contributed by atoms with van der Waals surface area (Å²) in [5, 5.41) is 0. The quantitative estimate of drug-likeness (QED) is 0.0277. The average molecular weight is 752 g/mol. The molecule has 2 amide bonds. The van der Waals surface area contributed by atoms with E-state index in [2.05, 4.69) is 13.8 Å². The Bertz CT molecular complexity index is 741. The molecule has 0 N–H and O–H groups in total. The summed E-state index contributed by atoms with van der Waals surface area (Å²) < 4.78 is 0. The number of likely N-dealkylation sites (tertiary alicyclic amines) is 1. The first kappa shape index (κ1) is 46.2. The second-order valence-electron chi connectivity index (χ2n) is 15.4. The minimum absolute atomic E-state index is 0.00657. The molecule has 0 atom stereocenters. The van der Waals surface area contributed by atoms with Crippen molar-refractivity contribution in [2.45, 2.75) is 238 Å². The van der Waals surface area contributed by atoms with Crippen LogP contribution < -0.4 is 0 Å². The summed E-state index contributed by atoms with van der Waals surface area (Å²) >= 11 is 18.3.